The Labute approximate surface area is 240 Å². The van der Waals surface area contributed by atoms with Crippen LogP contribution in [-0.4, -0.2) is 72.4 Å². The first-order chi connectivity index (χ1) is 18.9. The van der Waals surface area contributed by atoms with E-state index in [0.29, 0.717) is 26.1 Å². The maximum absolute atomic E-state index is 12.6. The van der Waals surface area contributed by atoms with Gasteiger partial charge >= 0.3 is 5.69 Å². The summed E-state index contributed by atoms with van der Waals surface area (Å²) in [5, 5.41) is 15.7. The van der Waals surface area contributed by atoms with E-state index in [1.807, 2.05) is 44.6 Å². The van der Waals surface area contributed by atoms with Crippen molar-refractivity contribution in [1.82, 2.24) is 29.1 Å². The van der Waals surface area contributed by atoms with Gasteiger partial charge in [-0.3, -0.25) is 14.0 Å². The number of amides is 1. The van der Waals surface area contributed by atoms with Gasteiger partial charge in [-0.2, -0.15) is 5.10 Å². The van der Waals surface area contributed by atoms with Crippen LogP contribution in [0.15, 0.2) is 59.5 Å². The third kappa shape index (κ3) is 5.17. The fraction of sp³-hybridized carbons (Fsp3) is 0.414. The molecular weight excluding hydrogens is 607 g/mol. The SMILES string of the molecule is CC(=O)N1CCc2c(cnn2CC(O)CN2CCC(n3c(=O)[nH]c4ccccc43)CC2)C1c1ccc(I)cc1. The van der Waals surface area contributed by atoms with Gasteiger partial charge in [0.2, 0.25) is 5.91 Å². The fourth-order valence-electron chi connectivity index (χ4n) is 6.30. The minimum absolute atomic E-state index is 0.0509. The number of aliphatic hydroxyl groups excluding tert-OH is 1. The van der Waals surface area contributed by atoms with Gasteiger partial charge in [0.25, 0.3) is 0 Å². The highest BCUT2D eigenvalue weighted by molar-refractivity contribution is 14.1. The number of para-hydroxylation sites is 2. The van der Waals surface area contributed by atoms with Gasteiger partial charge < -0.3 is 19.9 Å². The lowest BCUT2D eigenvalue weighted by Crippen LogP contribution is -2.42. The number of rotatable bonds is 6. The van der Waals surface area contributed by atoms with Gasteiger partial charge in [0.05, 0.1) is 35.9 Å². The summed E-state index contributed by atoms with van der Waals surface area (Å²) in [5.41, 5.74) is 4.98. The second-order valence-corrected chi connectivity index (χ2v) is 11.9. The van der Waals surface area contributed by atoms with Gasteiger partial charge in [-0.05, 0) is 65.3 Å². The van der Waals surface area contributed by atoms with Crippen molar-refractivity contribution in [1.29, 1.82) is 0 Å². The van der Waals surface area contributed by atoms with E-state index in [-0.39, 0.29) is 23.7 Å². The Hall–Kier alpha value is -2.96. The summed E-state index contributed by atoms with van der Waals surface area (Å²) >= 11 is 2.29. The van der Waals surface area contributed by atoms with E-state index in [0.717, 1.165) is 57.4 Å². The number of aromatic amines is 1. The molecule has 10 heteroatoms. The number of carbonyl (C=O) groups is 1. The van der Waals surface area contributed by atoms with E-state index in [9.17, 15) is 14.7 Å². The van der Waals surface area contributed by atoms with Crippen LogP contribution < -0.4 is 5.69 Å². The average Bonchev–Trinajstić information content (AvgIpc) is 3.49. The maximum Gasteiger partial charge on any atom is 0.326 e. The van der Waals surface area contributed by atoms with E-state index < -0.39 is 6.10 Å². The topological polar surface area (TPSA) is 99.4 Å². The number of nitrogens with zero attached hydrogens (tertiary/aromatic N) is 5. The zero-order valence-corrected chi connectivity index (χ0v) is 24.1. The van der Waals surface area contributed by atoms with Crippen molar-refractivity contribution in [2.45, 2.75) is 50.9 Å². The molecule has 9 nitrogen and oxygen atoms in total. The number of halogens is 1. The quantitative estimate of drug-likeness (QED) is 0.316. The number of likely N-dealkylation sites (tertiary alicyclic amines) is 1. The zero-order valence-electron chi connectivity index (χ0n) is 22.0. The molecule has 4 aromatic rings. The van der Waals surface area contributed by atoms with Crippen LogP contribution in [-0.2, 0) is 17.8 Å². The third-order valence-electron chi connectivity index (χ3n) is 8.17. The Kier molecular flexibility index (Phi) is 7.34. The van der Waals surface area contributed by atoms with Gasteiger partial charge in [-0.1, -0.05) is 24.3 Å². The van der Waals surface area contributed by atoms with Crippen LogP contribution in [0.5, 0.6) is 0 Å². The number of carbonyl (C=O) groups excluding carboxylic acids is 1. The predicted molar refractivity (Wildman–Crippen MR) is 158 cm³/mol. The number of hydrogen-bond acceptors (Lipinski definition) is 5. The first-order valence-electron chi connectivity index (χ1n) is 13.6. The zero-order chi connectivity index (χ0) is 27.1. The van der Waals surface area contributed by atoms with E-state index in [1.54, 1.807) is 6.92 Å². The number of aliphatic hydroxyl groups is 1. The summed E-state index contributed by atoms with van der Waals surface area (Å²) in [6.07, 6.45) is 3.75. The number of hydrogen-bond donors (Lipinski definition) is 2. The molecule has 1 saturated heterocycles. The Morgan fingerprint density at radius 3 is 2.59 bits per heavy atom. The van der Waals surface area contributed by atoms with Gasteiger partial charge in [0, 0.05) is 60.4 Å². The number of benzene rings is 2. The largest absolute Gasteiger partial charge is 0.390 e. The highest BCUT2D eigenvalue weighted by Gasteiger charge is 2.33. The molecule has 4 heterocycles. The van der Waals surface area contributed by atoms with E-state index in [4.69, 9.17) is 0 Å². The van der Waals surface area contributed by atoms with E-state index in [2.05, 4.69) is 61.8 Å². The molecule has 0 aliphatic carbocycles. The summed E-state index contributed by atoms with van der Waals surface area (Å²) in [6.45, 7) is 4.88. The second kappa shape index (κ2) is 10.9. The molecule has 0 spiro atoms. The number of fused-ring (bicyclic) bond motifs is 2. The van der Waals surface area contributed by atoms with Crippen LogP contribution >= 0.6 is 22.6 Å². The van der Waals surface area contributed by atoms with Gasteiger partial charge in [-0.25, -0.2) is 4.79 Å². The molecule has 204 valence electrons. The Morgan fingerprint density at radius 1 is 1.10 bits per heavy atom. The van der Waals surface area contributed by atoms with Crippen molar-refractivity contribution in [3.05, 3.63) is 85.6 Å². The summed E-state index contributed by atoms with van der Waals surface area (Å²) in [6, 6.07) is 16.1. The Balaban J connectivity index is 1.12. The fourth-order valence-corrected chi connectivity index (χ4v) is 6.66. The number of piperidine rings is 1. The molecule has 2 unspecified atom stereocenters. The van der Waals surface area contributed by atoms with Crippen molar-refractivity contribution < 1.29 is 9.90 Å². The molecule has 2 aliphatic rings. The average molecular weight is 641 g/mol. The number of aromatic nitrogens is 4. The van der Waals surface area contributed by atoms with Crippen molar-refractivity contribution in [3.8, 4) is 0 Å². The first kappa shape index (κ1) is 26.3. The van der Waals surface area contributed by atoms with Crippen molar-refractivity contribution in [3.63, 3.8) is 0 Å². The minimum atomic E-state index is -0.566. The molecule has 1 fully saturated rings. The molecule has 2 atom stereocenters. The number of imidazole rings is 1. The first-order valence-corrected chi connectivity index (χ1v) is 14.6. The normalized spacial score (nSPS) is 19.4. The minimum Gasteiger partial charge on any atom is -0.390 e. The molecule has 0 saturated carbocycles. The van der Waals surface area contributed by atoms with Crippen LogP contribution in [0.3, 0.4) is 0 Å². The molecule has 0 bridgehead atoms. The lowest BCUT2D eigenvalue weighted by atomic mass is 9.92. The summed E-state index contributed by atoms with van der Waals surface area (Å²) in [4.78, 5) is 32.2. The lowest BCUT2D eigenvalue weighted by molar-refractivity contribution is -0.130. The summed E-state index contributed by atoms with van der Waals surface area (Å²) in [7, 11) is 0. The Morgan fingerprint density at radius 2 is 1.85 bits per heavy atom. The molecule has 6 rings (SSSR count). The predicted octanol–water partition coefficient (Wildman–Crippen LogP) is 3.32. The molecule has 39 heavy (non-hydrogen) atoms. The maximum atomic E-state index is 12.6. The van der Waals surface area contributed by atoms with Crippen molar-refractivity contribution >= 4 is 39.5 Å². The lowest BCUT2D eigenvalue weighted by Gasteiger charge is -2.36. The standard InChI is InChI=1S/C29H33IN6O3/c1-19(37)34-15-12-26-24(28(34)20-6-8-21(30)9-7-20)16-31-35(26)18-23(38)17-33-13-10-22(11-14-33)36-27-5-3-2-4-25(27)32-29(36)39/h2-9,16,22-23,28,38H,10-15,17-18H2,1H3,(H,32,39). The van der Waals surface area contributed by atoms with Crippen LogP contribution in [0.1, 0.15) is 48.7 Å². The molecule has 1 amide bonds. The van der Waals surface area contributed by atoms with Crippen LogP contribution in [0, 0.1) is 3.57 Å². The van der Waals surface area contributed by atoms with Crippen LogP contribution in [0.2, 0.25) is 0 Å². The van der Waals surface area contributed by atoms with Crippen LogP contribution in [0.4, 0.5) is 0 Å². The highest BCUT2D eigenvalue weighted by atomic mass is 127. The smallest absolute Gasteiger partial charge is 0.326 e. The highest BCUT2D eigenvalue weighted by Crippen LogP contribution is 2.35. The van der Waals surface area contributed by atoms with E-state index >= 15 is 0 Å². The van der Waals surface area contributed by atoms with Crippen molar-refractivity contribution in [2.24, 2.45) is 0 Å². The molecule has 2 N–H and O–H groups in total. The number of nitrogens with one attached hydrogen (secondary N) is 1. The van der Waals surface area contributed by atoms with Crippen molar-refractivity contribution in [2.75, 3.05) is 26.2 Å². The van der Waals surface area contributed by atoms with E-state index in [1.165, 1.54) is 0 Å². The molecular formula is C29H33IN6O3. The summed E-state index contributed by atoms with van der Waals surface area (Å²) in [5.74, 6) is 0.0512. The Bertz CT molecular complexity index is 1530. The molecule has 2 aromatic carbocycles. The second-order valence-electron chi connectivity index (χ2n) is 10.6. The van der Waals surface area contributed by atoms with Gasteiger partial charge in [0.15, 0.2) is 0 Å². The molecule has 0 radical (unpaired) electrons. The van der Waals surface area contributed by atoms with Crippen LogP contribution in [0.25, 0.3) is 11.0 Å². The third-order valence-corrected chi connectivity index (χ3v) is 8.89. The molecule has 2 aliphatic heterocycles. The number of H-pyrrole nitrogens is 1. The van der Waals surface area contributed by atoms with Gasteiger partial charge in [0.1, 0.15) is 0 Å². The monoisotopic (exact) mass is 640 g/mol. The molecule has 2 aromatic heterocycles. The number of β-amino-alcohol motifs (C(OH)–C–C–N with tert-alkyl or cyclic N) is 1. The van der Waals surface area contributed by atoms with Gasteiger partial charge in [-0.15, -0.1) is 0 Å². The summed E-state index contributed by atoms with van der Waals surface area (Å²) < 4.78 is 4.97.